The van der Waals surface area contributed by atoms with Crippen molar-refractivity contribution in [3.05, 3.63) is 35.9 Å². The molecule has 0 aliphatic carbocycles. The molecule has 1 heterocycles. The average molecular weight is 375 g/mol. The van der Waals surface area contributed by atoms with Gasteiger partial charge in [0.15, 0.2) is 0 Å². The van der Waals surface area contributed by atoms with Gasteiger partial charge < -0.3 is 15.7 Å². The number of likely N-dealkylation sites (tertiary alicyclic amines) is 1. The standard InChI is InChI=1S/C24H42N2O/c1-2-3-4-5-6-7-8-12-15-23(27)20-26-18-16-24(21-25,17-19-26)22-13-10-9-11-14-22/h9-11,13-14,23,27H,2-8,12,15-21,25H2,1H3. The summed E-state index contributed by atoms with van der Waals surface area (Å²) in [4.78, 5) is 2.44. The Bertz CT molecular complexity index is 482. The molecule has 1 aromatic rings. The Morgan fingerprint density at radius 3 is 2.15 bits per heavy atom. The van der Waals surface area contributed by atoms with E-state index in [2.05, 4.69) is 42.2 Å². The molecule has 0 saturated carbocycles. The lowest BCUT2D eigenvalue weighted by molar-refractivity contribution is 0.0760. The summed E-state index contributed by atoms with van der Waals surface area (Å²) in [6, 6.07) is 10.8. The predicted octanol–water partition coefficient (Wildman–Crippen LogP) is 4.87. The van der Waals surface area contributed by atoms with Crippen LogP contribution in [0.2, 0.25) is 0 Å². The molecule has 3 nitrogen and oxygen atoms in total. The molecule has 0 spiro atoms. The Hall–Kier alpha value is -0.900. The van der Waals surface area contributed by atoms with E-state index >= 15 is 0 Å². The third-order valence-corrected chi connectivity index (χ3v) is 6.45. The first-order valence-electron chi connectivity index (χ1n) is 11.4. The van der Waals surface area contributed by atoms with Gasteiger partial charge in [0.25, 0.3) is 0 Å². The van der Waals surface area contributed by atoms with Crippen molar-refractivity contribution in [1.82, 2.24) is 4.90 Å². The van der Waals surface area contributed by atoms with Crippen molar-refractivity contribution < 1.29 is 5.11 Å². The molecule has 1 unspecified atom stereocenters. The maximum atomic E-state index is 10.4. The second-order valence-corrected chi connectivity index (χ2v) is 8.57. The van der Waals surface area contributed by atoms with Gasteiger partial charge in [0, 0.05) is 18.5 Å². The van der Waals surface area contributed by atoms with Crippen LogP contribution < -0.4 is 5.73 Å². The molecule has 1 aliphatic heterocycles. The Morgan fingerprint density at radius 2 is 1.56 bits per heavy atom. The van der Waals surface area contributed by atoms with Gasteiger partial charge in [-0.2, -0.15) is 0 Å². The minimum Gasteiger partial charge on any atom is -0.392 e. The SMILES string of the molecule is CCCCCCCCCCC(O)CN1CCC(CN)(c2ccccc2)CC1. The summed E-state index contributed by atoms with van der Waals surface area (Å²) in [5, 5.41) is 10.4. The van der Waals surface area contributed by atoms with E-state index in [-0.39, 0.29) is 11.5 Å². The quantitative estimate of drug-likeness (QED) is 0.484. The van der Waals surface area contributed by atoms with Crippen molar-refractivity contribution in [3.8, 4) is 0 Å². The molecule has 3 N–H and O–H groups in total. The van der Waals surface area contributed by atoms with Crippen LogP contribution in [0.1, 0.15) is 83.1 Å². The number of unbranched alkanes of at least 4 members (excludes halogenated alkanes) is 7. The fourth-order valence-electron chi connectivity index (χ4n) is 4.47. The number of nitrogens with two attached hydrogens (primary N) is 1. The molecular formula is C24H42N2O. The van der Waals surface area contributed by atoms with Gasteiger partial charge in [-0.3, -0.25) is 0 Å². The maximum absolute atomic E-state index is 10.4. The molecule has 0 amide bonds. The van der Waals surface area contributed by atoms with Crippen molar-refractivity contribution in [2.45, 2.75) is 89.1 Å². The Kier molecular flexibility index (Phi) is 10.4. The van der Waals surface area contributed by atoms with Crippen molar-refractivity contribution in [1.29, 1.82) is 0 Å². The van der Waals surface area contributed by atoms with Crippen molar-refractivity contribution in [2.24, 2.45) is 5.73 Å². The summed E-state index contributed by atoms with van der Waals surface area (Å²) in [5.41, 5.74) is 7.69. The summed E-state index contributed by atoms with van der Waals surface area (Å²) < 4.78 is 0. The third kappa shape index (κ3) is 7.56. The summed E-state index contributed by atoms with van der Waals surface area (Å²) in [6.07, 6.45) is 13.6. The summed E-state index contributed by atoms with van der Waals surface area (Å²) in [5.74, 6) is 0. The third-order valence-electron chi connectivity index (χ3n) is 6.45. The molecule has 0 aromatic heterocycles. The number of aliphatic hydroxyl groups is 1. The molecule has 1 atom stereocenters. The topological polar surface area (TPSA) is 49.5 Å². The molecule has 1 aromatic carbocycles. The van der Waals surface area contributed by atoms with Crippen molar-refractivity contribution >= 4 is 0 Å². The molecule has 1 saturated heterocycles. The molecule has 2 rings (SSSR count). The highest BCUT2D eigenvalue weighted by Gasteiger charge is 2.35. The molecule has 0 radical (unpaired) electrons. The van der Waals surface area contributed by atoms with Crippen LogP contribution in [0.4, 0.5) is 0 Å². The Labute approximate surface area is 167 Å². The zero-order chi connectivity index (χ0) is 19.4. The summed E-state index contributed by atoms with van der Waals surface area (Å²) in [6.45, 7) is 5.89. The van der Waals surface area contributed by atoms with E-state index in [1.807, 2.05) is 0 Å². The number of β-amino-alcohol motifs (C(OH)–C–C–N with tert-alkyl or cyclic N) is 1. The number of benzene rings is 1. The van der Waals surface area contributed by atoms with E-state index in [4.69, 9.17) is 5.73 Å². The zero-order valence-electron chi connectivity index (χ0n) is 17.5. The van der Waals surface area contributed by atoms with E-state index in [0.29, 0.717) is 6.54 Å². The van der Waals surface area contributed by atoms with Crippen molar-refractivity contribution in [3.63, 3.8) is 0 Å². The van der Waals surface area contributed by atoms with Crippen LogP contribution >= 0.6 is 0 Å². The van der Waals surface area contributed by atoms with Gasteiger partial charge in [-0.1, -0.05) is 88.6 Å². The van der Waals surface area contributed by atoms with Gasteiger partial charge in [0.1, 0.15) is 0 Å². The van der Waals surface area contributed by atoms with E-state index < -0.39 is 0 Å². The van der Waals surface area contributed by atoms with E-state index in [1.165, 1.54) is 56.9 Å². The number of hydrogen-bond acceptors (Lipinski definition) is 3. The molecule has 3 heteroatoms. The number of aliphatic hydroxyl groups excluding tert-OH is 1. The average Bonchev–Trinajstić information content (AvgIpc) is 2.71. The highest BCUT2D eigenvalue weighted by atomic mass is 16.3. The van der Waals surface area contributed by atoms with E-state index in [9.17, 15) is 5.11 Å². The van der Waals surface area contributed by atoms with Gasteiger partial charge in [-0.15, -0.1) is 0 Å². The highest BCUT2D eigenvalue weighted by Crippen LogP contribution is 2.34. The van der Waals surface area contributed by atoms with Gasteiger partial charge in [-0.05, 0) is 37.9 Å². The highest BCUT2D eigenvalue weighted by molar-refractivity contribution is 5.26. The number of piperidine rings is 1. The lowest BCUT2D eigenvalue weighted by Crippen LogP contribution is -2.48. The first-order valence-corrected chi connectivity index (χ1v) is 11.4. The first-order chi connectivity index (χ1) is 13.2. The zero-order valence-corrected chi connectivity index (χ0v) is 17.5. The molecule has 154 valence electrons. The van der Waals surface area contributed by atoms with Crippen LogP contribution in [0.15, 0.2) is 30.3 Å². The maximum Gasteiger partial charge on any atom is 0.0667 e. The molecule has 0 bridgehead atoms. The minimum absolute atomic E-state index is 0.125. The van der Waals surface area contributed by atoms with Gasteiger partial charge >= 0.3 is 0 Å². The second kappa shape index (κ2) is 12.5. The van der Waals surface area contributed by atoms with E-state index in [1.54, 1.807) is 0 Å². The van der Waals surface area contributed by atoms with Crippen LogP contribution in [0.25, 0.3) is 0 Å². The van der Waals surface area contributed by atoms with Crippen molar-refractivity contribution in [2.75, 3.05) is 26.2 Å². The normalized spacial score (nSPS) is 18.5. The van der Waals surface area contributed by atoms with Crippen LogP contribution in [-0.4, -0.2) is 42.3 Å². The van der Waals surface area contributed by atoms with Crippen LogP contribution in [0, 0.1) is 0 Å². The number of rotatable bonds is 13. The molecule has 1 fully saturated rings. The van der Waals surface area contributed by atoms with Crippen LogP contribution in [0.5, 0.6) is 0 Å². The van der Waals surface area contributed by atoms with Gasteiger partial charge in [-0.25, -0.2) is 0 Å². The fourth-order valence-corrected chi connectivity index (χ4v) is 4.47. The van der Waals surface area contributed by atoms with Gasteiger partial charge in [0.05, 0.1) is 6.10 Å². The first kappa shape index (κ1) is 22.4. The second-order valence-electron chi connectivity index (χ2n) is 8.57. The largest absolute Gasteiger partial charge is 0.392 e. The Balaban J connectivity index is 1.61. The lowest BCUT2D eigenvalue weighted by Gasteiger charge is -2.42. The van der Waals surface area contributed by atoms with Crippen LogP contribution in [-0.2, 0) is 5.41 Å². The van der Waals surface area contributed by atoms with Crippen LogP contribution in [0.3, 0.4) is 0 Å². The molecule has 27 heavy (non-hydrogen) atoms. The number of hydrogen-bond donors (Lipinski definition) is 2. The fraction of sp³-hybridized carbons (Fsp3) is 0.750. The smallest absolute Gasteiger partial charge is 0.0667 e. The monoisotopic (exact) mass is 374 g/mol. The molecular weight excluding hydrogens is 332 g/mol. The molecule has 1 aliphatic rings. The summed E-state index contributed by atoms with van der Waals surface area (Å²) >= 11 is 0. The number of nitrogens with zero attached hydrogens (tertiary/aromatic N) is 1. The van der Waals surface area contributed by atoms with Gasteiger partial charge in [0.2, 0.25) is 0 Å². The Morgan fingerprint density at radius 1 is 0.963 bits per heavy atom. The predicted molar refractivity (Wildman–Crippen MR) is 116 cm³/mol. The minimum atomic E-state index is -0.174. The lowest BCUT2D eigenvalue weighted by atomic mass is 9.73. The summed E-state index contributed by atoms with van der Waals surface area (Å²) in [7, 11) is 0. The van der Waals surface area contributed by atoms with E-state index in [0.717, 1.165) is 38.9 Å².